The summed E-state index contributed by atoms with van der Waals surface area (Å²) in [6, 6.07) is 1.22. The van der Waals surface area contributed by atoms with E-state index in [1.54, 1.807) is 0 Å². The van der Waals surface area contributed by atoms with Gasteiger partial charge >= 0.3 is 0 Å². The van der Waals surface area contributed by atoms with Crippen LogP contribution in [-0.2, 0) is 0 Å². The van der Waals surface area contributed by atoms with Crippen molar-refractivity contribution in [3.8, 4) is 0 Å². The average molecular weight is 201 g/mol. The van der Waals surface area contributed by atoms with Crippen molar-refractivity contribution in [3.63, 3.8) is 0 Å². The number of likely N-dealkylation sites (N-methyl/N-ethyl adjacent to an activating group) is 3. The van der Waals surface area contributed by atoms with Crippen LogP contribution < -0.4 is 0 Å². The third kappa shape index (κ3) is 5.58. The van der Waals surface area contributed by atoms with Crippen LogP contribution in [0.4, 0.5) is 0 Å². The normalized spacial score (nSPS) is 16.7. The Hall–Kier alpha value is -0.120. The van der Waals surface area contributed by atoms with Crippen LogP contribution in [0.2, 0.25) is 0 Å². The van der Waals surface area contributed by atoms with Gasteiger partial charge in [-0.2, -0.15) is 0 Å². The molecule has 0 saturated carbocycles. The van der Waals surface area contributed by atoms with Crippen molar-refractivity contribution in [1.82, 2.24) is 14.7 Å². The minimum absolute atomic E-state index is 0.611. The SMILES string of the molecule is CC(CN(C)C)N(C)C(C)CN(C)C. The summed E-state index contributed by atoms with van der Waals surface area (Å²) in [6.45, 7) is 6.81. The zero-order valence-corrected chi connectivity index (χ0v) is 10.9. The van der Waals surface area contributed by atoms with E-state index in [0.29, 0.717) is 12.1 Å². The Bertz CT molecular complexity index is 129. The molecule has 86 valence electrons. The zero-order valence-electron chi connectivity index (χ0n) is 10.9. The van der Waals surface area contributed by atoms with Crippen LogP contribution in [0, 0.1) is 0 Å². The summed E-state index contributed by atoms with van der Waals surface area (Å²) in [5, 5.41) is 0. The Morgan fingerprint density at radius 1 is 0.714 bits per heavy atom. The van der Waals surface area contributed by atoms with E-state index in [4.69, 9.17) is 0 Å². The van der Waals surface area contributed by atoms with Crippen LogP contribution in [0.3, 0.4) is 0 Å². The monoisotopic (exact) mass is 201 g/mol. The summed E-state index contributed by atoms with van der Waals surface area (Å²) in [6.07, 6.45) is 0. The second kappa shape index (κ2) is 6.38. The minimum atomic E-state index is 0.611. The molecule has 0 spiro atoms. The van der Waals surface area contributed by atoms with Crippen molar-refractivity contribution in [3.05, 3.63) is 0 Å². The summed E-state index contributed by atoms with van der Waals surface area (Å²) in [4.78, 5) is 6.92. The van der Waals surface area contributed by atoms with Crippen molar-refractivity contribution in [2.75, 3.05) is 48.3 Å². The van der Waals surface area contributed by atoms with Crippen molar-refractivity contribution in [1.29, 1.82) is 0 Å². The third-order valence-electron chi connectivity index (χ3n) is 2.65. The maximum Gasteiger partial charge on any atom is 0.0194 e. The molecule has 0 aliphatic heterocycles. The highest BCUT2D eigenvalue weighted by atomic mass is 15.2. The molecule has 3 nitrogen and oxygen atoms in total. The topological polar surface area (TPSA) is 9.72 Å². The van der Waals surface area contributed by atoms with E-state index < -0.39 is 0 Å². The highest BCUT2D eigenvalue weighted by Crippen LogP contribution is 2.04. The van der Waals surface area contributed by atoms with Crippen LogP contribution in [-0.4, -0.2) is 75.1 Å². The smallest absolute Gasteiger partial charge is 0.0194 e. The fourth-order valence-corrected chi connectivity index (χ4v) is 1.75. The molecular formula is C11H27N3. The maximum atomic E-state index is 2.44. The molecule has 0 aromatic heterocycles. The second-order valence-corrected chi connectivity index (χ2v) is 4.89. The van der Waals surface area contributed by atoms with Gasteiger partial charge in [0.15, 0.2) is 0 Å². The summed E-state index contributed by atoms with van der Waals surface area (Å²) in [5.74, 6) is 0. The molecule has 0 fully saturated rings. The van der Waals surface area contributed by atoms with Crippen LogP contribution in [0.1, 0.15) is 13.8 Å². The molecular weight excluding hydrogens is 174 g/mol. The number of nitrogens with zero attached hydrogens (tertiary/aromatic N) is 3. The lowest BCUT2D eigenvalue weighted by Crippen LogP contribution is -2.46. The zero-order chi connectivity index (χ0) is 11.3. The van der Waals surface area contributed by atoms with Gasteiger partial charge < -0.3 is 9.80 Å². The first-order valence-corrected chi connectivity index (χ1v) is 5.36. The minimum Gasteiger partial charge on any atom is -0.308 e. The van der Waals surface area contributed by atoms with Crippen molar-refractivity contribution in [2.45, 2.75) is 25.9 Å². The molecule has 3 heteroatoms. The second-order valence-electron chi connectivity index (χ2n) is 4.89. The van der Waals surface area contributed by atoms with Gasteiger partial charge in [-0.05, 0) is 49.1 Å². The fraction of sp³-hybridized carbons (Fsp3) is 1.00. The molecule has 0 N–H and O–H groups in total. The lowest BCUT2D eigenvalue weighted by atomic mass is 10.2. The van der Waals surface area contributed by atoms with Crippen molar-refractivity contribution in [2.24, 2.45) is 0 Å². The molecule has 0 amide bonds. The largest absolute Gasteiger partial charge is 0.308 e. The van der Waals surface area contributed by atoms with E-state index in [-0.39, 0.29) is 0 Å². The molecule has 0 aromatic carbocycles. The van der Waals surface area contributed by atoms with Gasteiger partial charge in [-0.25, -0.2) is 0 Å². The van der Waals surface area contributed by atoms with Gasteiger partial charge in [0.1, 0.15) is 0 Å². The van der Waals surface area contributed by atoms with E-state index in [0.717, 1.165) is 13.1 Å². The third-order valence-corrected chi connectivity index (χ3v) is 2.65. The molecule has 2 atom stereocenters. The van der Waals surface area contributed by atoms with Gasteiger partial charge in [0.25, 0.3) is 0 Å². The quantitative estimate of drug-likeness (QED) is 0.630. The van der Waals surface area contributed by atoms with Gasteiger partial charge in [0.05, 0.1) is 0 Å². The van der Waals surface area contributed by atoms with Crippen LogP contribution >= 0.6 is 0 Å². The number of rotatable bonds is 6. The van der Waals surface area contributed by atoms with Crippen LogP contribution in [0.25, 0.3) is 0 Å². The van der Waals surface area contributed by atoms with Crippen molar-refractivity contribution < 1.29 is 0 Å². The Balaban J connectivity index is 3.96. The lowest BCUT2D eigenvalue weighted by Gasteiger charge is -2.33. The highest BCUT2D eigenvalue weighted by molar-refractivity contribution is 4.73. The molecule has 0 saturated heterocycles. The van der Waals surface area contributed by atoms with E-state index in [1.165, 1.54) is 0 Å². The Labute approximate surface area is 89.7 Å². The first-order valence-electron chi connectivity index (χ1n) is 5.36. The molecule has 0 heterocycles. The molecule has 14 heavy (non-hydrogen) atoms. The predicted octanol–water partition coefficient (Wildman–Crippen LogP) is 0.818. The summed E-state index contributed by atoms with van der Waals surface area (Å²) in [7, 11) is 10.7. The van der Waals surface area contributed by atoms with Gasteiger partial charge in [-0.1, -0.05) is 0 Å². The Morgan fingerprint density at radius 2 is 1.00 bits per heavy atom. The summed E-state index contributed by atoms with van der Waals surface area (Å²) >= 11 is 0. The standard InChI is InChI=1S/C11H27N3/c1-10(8-12(3)4)14(7)11(2)9-13(5)6/h10-11H,8-9H2,1-7H3. The molecule has 0 rings (SSSR count). The van der Waals surface area contributed by atoms with E-state index >= 15 is 0 Å². The summed E-state index contributed by atoms with van der Waals surface area (Å²) < 4.78 is 0. The summed E-state index contributed by atoms with van der Waals surface area (Å²) in [5.41, 5.74) is 0. The van der Waals surface area contributed by atoms with Gasteiger partial charge in [-0.15, -0.1) is 0 Å². The van der Waals surface area contributed by atoms with E-state index in [2.05, 4.69) is 63.8 Å². The molecule has 0 aliphatic carbocycles. The Morgan fingerprint density at radius 3 is 1.21 bits per heavy atom. The van der Waals surface area contributed by atoms with Crippen LogP contribution in [0.5, 0.6) is 0 Å². The van der Waals surface area contributed by atoms with Gasteiger partial charge in [0.2, 0.25) is 0 Å². The molecule has 0 bridgehead atoms. The fourth-order valence-electron chi connectivity index (χ4n) is 1.75. The molecule has 0 aromatic rings. The van der Waals surface area contributed by atoms with Gasteiger partial charge in [-0.3, -0.25) is 4.90 Å². The lowest BCUT2D eigenvalue weighted by molar-refractivity contribution is 0.141. The first kappa shape index (κ1) is 13.9. The van der Waals surface area contributed by atoms with Gasteiger partial charge in [0, 0.05) is 25.2 Å². The predicted molar refractivity (Wildman–Crippen MR) is 63.8 cm³/mol. The molecule has 2 unspecified atom stereocenters. The van der Waals surface area contributed by atoms with E-state index in [1.807, 2.05) is 0 Å². The number of hydrogen-bond donors (Lipinski definition) is 0. The maximum absolute atomic E-state index is 2.44. The van der Waals surface area contributed by atoms with Crippen molar-refractivity contribution >= 4 is 0 Å². The van der Waals surface area contributed by atoms with E-state index in [9.17, 15) is 0 Å². The average Bonchev–Trinajstić information content (AvgIpc) is 2.00. The molecule has 0 radical (unpaired) electrons. The highest BCUT2D eigenvalue weighted by Gasteiger charge is 2.16. The molecule has 0 aliphatic rings. The van der Waals surface area contributed by atoms with Crippen LogP contribution in [0.15, 0.2) is 0 Å². The first-order chi connectivity index (χ1) is 6.34. The Kier molecular flexibility index (Phi) is 6.33. The number of hydrogen-bond acceptors (Lipinski definition) is 3.